The molecule has 0 unspecified atom stereocenters. The second-order valence-electron chi connectivity index (χ2n) is 5.82. The Morgan fingerprint density at radius 1 is 1.08 bits per heavy atom. The second-order valence-corrected chi connectivity index (χ2v) is 6.21. The number of ketones is 1. The predicted molar refractivity (Wildman–Crippen MR) is 98.9 cm³/mol. The number of hydrogen-bond donors (Lipinski definition) is 1. The molecule has 2 heterocycles. The molecule has 1 saturated heterocycles. The molecule has 130 valence electrons. The molecule has 0 radical (unpaired) electrons. The monoisotopic (exact) mass is 357 g/mol. The van der Waals surface area contributed by atoms with E-state index in [0.29, 0.717) is 42.6 Å². The van der Waals surface area contributed by atoms with Crippen LogP contribution < -0.4 is 5.32 Å². The number of Topliss-reactive ketones (excluding diaryl/α,β-unsaturated/α-hetero) is 1. The van der Waals surface area contributed by atoms with E-state index < -0.39 is 0 Å². The summed E-state index contributed by atoms with van der Waals surface area (Å²) in [6, 6.07) is 10.6. The van der Waals surface area contributed by atoms with Gasteiger partial charge in [0.15, 0.2) is 16.7 Å². The van der Waals surface area contributed by atoms with E-state index in [4.69, 9.17) is 16.6 Å². The maximum atomic E-state index is 12.3. The van der Waals surface area contributed by atoms with Crippen LogP contribution in [0, 0.1) is 0 Å². The van der Waals surface area contributed by atoms with E-state index in [0.717, 1.165) is 5.69 Å². The summed E-state index contributed by atoms with van der Waals surface area (Å²) in [5.74, 6) is 0.271. The fourth-order valence-corrected chi connectivity index (χ4v) is 2.99. The number of anilines is 1. The number of amides is 1. The van der Waals surface area contributed by atoms with Crippen molar-refractivity contribution in [3.63, 3.8) is 0 Å². The Balaban J connectivity index is 1.56. The quantitative estimate of drug-likeness (QED) is 0.673. The number of thiocarbonyl (C=S) groups is 1. The van der Waals surface area contributed by atoms with Crippen LogP contribution in [0.25, 0.3) is 0 Å². The number of nitrogens with one attached hydrogen (secondary N) is 1. The molecule has 0 aliphatic carbocycles. The molecule has 1 N–H and O–H groups in total. The lowest BCUT2D eigenvalue weighted by molar-refractivity contribution is 0.0661. The van der Waals surface area contributed by atoms with Gasteiger partial charge in [-0.05, 0) is 43.4 Å². The highest BCUT2D eigenvalue weighted by Crippen LogP contribution is 2.14. The van der Waals surface area contributed by atoms with E-state index in [1.165, 1.54) is 13.2 Å². The zero-order chi connectivity index (χ0) is 17.8. The second kappa shape index (κ2) is 7.48. The lowest BCUT2D eigenvalue weighted by Gasteiger charge is -2.35. The molecule has 1 amide bonds. The first kappa shape index (κ1) is 17.2. The van der Waals surface area contributed by atoms with Crippen LogP contribution in [0.1, 0.15) is 27.8 Å². The van der Waals surface area contributed by atoms with Crippen LogP contribution in [-0.4, -0.2) is 52.8 Å². The van der Waals surface area contributed by atoms with Gasteiger partial charge in [-0.3, -0.25) is 9.59 Å². The smallest absolute Gasteiger partial charge is 0.289 e. The van der Waals surface area contributed by atoms with Crippen molar-refractivity contribution in [2.45, 2.75) is 6.92 Å². The van der Waals surface area contributed by atoms with Crippen molar-refractivity contribution in [2.75, 3.05) is 31.5 Å². The first-order valence-electron chi connectivity index (χ1n) is 8.04. The number of furan rings is 1. The van der Waals surface area contributed by atoms with Gasteiger partial charge < -0.3 is 19.5 Å². The van der Waals surface area contributed by atoms with Crippen LogP contribution in [0.2, 0.25) is 0 Å². The summed E-state index contributed by atoms with van der Waals surface area (Å²) in [5, 5.41) is 3.75. The zero-order valence-corrected chi connectivity index (χ0v) is 14.7. The predicted octanol–water partition coefficient (Wildman–Crippen LogP) is 2.64. The molecule has 7 heteroatoms. The van der Waals surface area contributed by atoms with E-state index in [9.17, 15) is 9.59 Å². The van der Waals surface area contributed by atoms with Crippen LogP contribution in [0.3, 0.4) is 0 Å². The molecule has 2 aromatic rings. The Morgan fingerprint density at radius 2 is 1.80 bits per heavy atom. The molecule has 1 aromatic heterocycles. The van der Waals surface area contributed by atoms with Gasteiger partial charge in [0.2, 0.25) is 0 Å². The summed E-state index contributed by atoms with van der Waals surface area (Å²) < 4.78 is 5.16. The topological polar surface area (TPSA) is 65.8 Å². The van der Waals surface area contributed by atoms with Gasteiger partial charge in [0.25, 0.3) is 5.91 Å². The molecule has 1 aromatic carbocycles. The van der Waals surface area contributed by atoms with E-state index in [1.54, 1.807) is 29.2 Å². The van der Waals surface area contributed by atoms with Crippen LogP contribution in [-0.2, 0) is 0 Å². The molecule has 0 atom stereocenters. The van der Waals surface area contributed by atoms with Gasteiger partial charge in [0.05, 0.1) is 6.26 Å². The lowest BCUT2D eigenvalue weighted by Crippen LogP contribution is -2.51. The normalized spacial score (nSPS) is 14.3. The number of carbonyl (C=O) groups excluding carboxylic acids is 2. The maximum Gasteiger partial charge on any atom is 0.289 e. The van der Waals surface area contributed by atoms with E-state index in [-0.39, 0.29) is 11.7 Å². The molecular weight excluding hydrogens is 338 g/mol. The Labute approximate surface area is 151 Å². The summed E-state index contributed by atoms with van der Waals surface area (Å²) >= 11 is 5.46. The van der Waals surface area contributed by atoms with Crippen molar-refractivity contribution in [1.29, 1.82) is 0 Å². The van der Waals surface area contributed by atoms with Crippen molar-refractivity contribution in [3.05, 3.63) is 54.0 Å². The number of rotatable bonds is 3. The number of benzene rings is 1. The number of nitrogens with zero attached hydrogens (tertiary/aromatic N) is 2. The van der Waals surface area contributed by atoms with E-state index in [2.05, 4.69) is 5.32 Å². The zero-order valence-electron chi connectivity index (χ0n) is 13.9. The van der Waals surface area contributed by atoms with Crippen molar-refractivity contribution in [2.24, 2.45) is 0 Å². The third kappa shape index (κ3) is 4.06. The average molecular weight is 357 g/mol. The molecule has 1 aliphatic heterocycles. The standard InChI is InChI=1S/C18H19N3O3S/c1-13(22)14-4-2-5-15(12-14)19-18(25)21-9-7-20(8-10-21)17(23)16-6-3-11-24-16/h2-6,11-12H,7-10H2,1H3,(H,19,25). The fraction of sp³-hybridized carbons (Fsp3) is 0.278. The molecule has 1 fully saturated rings. The van der Waals surface area contributed by atoms with Gasteiger partial charge in [-0.25, -0.2) is 0 Å². The Hall–Kier alpha value is -2.67. The van der Waals surface area contributed by atoms with Crippen molar-refractivity contribution in [3.8, 4) is 0 Å². The fourth-order valence-electron chi connectivity index (χ4n) is 2.69. The Bertz CT molecular complexity index is 781. The molecule has 0 bridgehead atoms. The van der Waals surface area contributed by atoms with Crippen LogP contribution in [0.15, 0.2) is 47.1 Å². The molecule has 0 saturated carbocycles. The molecular formula is C18H19N3O3S. The third-order valence-electron chi connectivity index (χ3n) is 4.11. The van der Waals surface area contributed by atoms with Gasteiger partial charge >= 0.3 is 0 Å². The van der Waals surface area contributed by atoms with Crippen molar-refractivity contribution >= 4 is 34.7 Å². The van der Waals surface area contributed by atoms with Gasteiger partial charge in [-0.15, -0.1) is 0 Å². The summed E-state index contributed by atoms with van der Waals surface area (Å²) in [7, 11) is 0. The number of hydrogen-bond acceptors (Lipinski definition) is 4. The first-order valence-corrected chi connectivity index (χ1v) is 8.45. The SMILES string of the molecule is CC(=O)c1cccc(NC(=S)N2CCN(C(=O)c3ccco3)CC2)c1. The summed E-state index contributed by atoms with van der Waals surface area (Å²) in [6.07, 6.45) is 1.50. The largest absolute Gasteiger partial charge is 0.459 e. The minimum atomic E-state index is -0.0994. The lowest BCUT2D eigenvalue weighted by atomic mass is 10.1. The van der Waals surface area contributed by atoms with E-state index in [1.807, 2.05) is 17.0 Å². The van der Waals surface area contributed by atoms with Crippen molar-refractivity contribution in [1.82, 2.24) is 9.80 Å². The van der Waals surface area contributed by atoms with Gasteiger partial charge in [0.1, 0.15) is 0 Å². The number of piperazine rings is 1. The third-order valence-corrected chi connectivity index (χ3v) is 4.47. The van der Waals surface area contributed by atoms with E-state index >= 15 is 0 Å². The summed E-state index contributed by atoms with van der Waals surface area (Å²) in [4.78, 5) is 27.5. The Kier molecular flexibility index (Phi) is 5.14. The molecule has 0 spiro atoms. The van der Waals surface area contributed by atoms with Gasteiger partial charge in [-0.2, -0.15) is 0 Å². The molecule has 25 heavy (non-hydrogen) atoms. The minimum absolute atomic E-state index is 0.0135. The van der Waals surface area contributed by atoms with Gasteiger partial charge in [-0.1, -0.05) is 12.1 Å². The highest BCUT2D eigenvalue weighted by Gasteiger charge is 2.24. The summed E-state index contributed by atoms with van der Waals surface area (Å²) in [6.45, 7) is 3.98. The summed E-state index contributed by atoms with van der Waals surface area (Å²) in [5.41, 5.74) is 1.42. The first-order chi connectivity index (χ1) is 12.0. The highest BCUT2D eigenvalue weighted by atomic mass is 32.1. The van der Waals surface area contributed by atoms with Crippen LogP contribution in [0.4, 0.5) is 5.69 Å². The molecule has 6 nitrogen and oxygen atoms in total. The van der Waals surface area contributed by atoms with Crippen molar-refractivity contribution < 1.29 is 14.0 Å². The van der Waals surface area contributed by atoms with Crippen LogP contribution >= 0.6 is 12.2 Å². The maximum absolute atomic E-state index is 12.3. The van der Waals surface area contributed by atoms with Gasteiger partial charge in [0, 0.05) is 37.4 Å². The minimum Gasteiger partial charge on any atom is -0.459 e. The molecule has 1 aliphatic rings. The Morgan fingerprint density at radius 3 is 2.44 bits per heavy atom. The highest BCUT2D eigenvalue weighted by molar-refractivity contribution is 7.80. The number of carbonyl (C=O) groups is 2. The van der Waals surface area contributed by atoms with Crippen LogP contribution in [0.5, 0.6) is 0 Å². The molecule has 3 rings (SSSR count). The average Bonchev–Trinajstić information content (AvgIpc) is 3.16.